The zero-order valence-corrected chi connectivity index (χ0v) is 12.7. The van der Waals surface area contributed by atoms with Gasteiger partial charge in [0.05, 0.1) is 5.75 Å². The van der Waals surface area contributed by atoms with Crippen molar-refractivity contribution in [2.45, 2.75) is 4.34 Å². The Kier molecular flexibility index (Phi) is 4.73. The lowest BCUT2D eigenvalue weighted by Gasteiger charge is -1.99. The SMILES string of the molecule is CNc1nnc(SCC(=O)c2ccc(Br)cc2)s1. The van der Waals surface area contributed by atoms with E-state index in [1.165, 1.54) is 23.1 Å². The summed E-state index contributed by atoms with van der Waals surface area (Å²) in [5.74, 6) is 0.466. The van der Waals surface area contributed by atoms with E-state index in [1.807, 2.05) is 24.3 Å². The number of halogens is 1. The van der Waals surface area contributed by atoms with E-state index in [1.54, 1.807) is 7.05 Å². The van der Waals surface area contributed by atoms with Crippen LogP contribution in [0.2, 0.25) is 0 Å². The maximum absolute atomic E-state index is 11.9. The number of aromatic nitrogens is 2. The number of hydrogen-bond donors (Lipinski definition) is 1. The van der Waals surface area contributed by atoms with Crippen molar-refractivity contribution in [3.63, 3.8) is 0 Å². The number of ketones is 1. The van der Waals surface area contributed by atoms with Gasteiger partial charge in [-0.3, -0.25) is 4.79 Å². The molecule has 4 nitrogen and oxygen atoms in total. The molecule has 2 aromatic rings. The normalized spacial score (nSPS) is 10.3. The summed E-state index contributed by atoms with van der Waals surface area (Å²) in [4.78, 5) is 11.9. The van der Waals surface area contributed by atoms with Crippen LogP contribution in [0.25, 0.3) is 0 Å². The maximum atomic E-state index is 11.9. The first-order valence-electron chi connectivity index (χ1n) is 5.12. The van der Waals surface area contributed by atoms with Gasteiger partial charge in [0.1, 0.15) is 0 Å². The van der Waals surface area contributed by atoms with Crippen molar-refractivity contribution in [2.75, 3.05) is 18.1 Å². The Morgan fingerprint density at radius 1 is 1.39 bits per heavy atom. The van der Waals surface area contributed by atoms with E-state index in [0.29, 0.717) is 11.3 Å². The molecule has 0 spiro atoms. The van der Waals surface area contributed by atoms with Crippen molar-refractivity contribution in [2.24, 2.45) is 0 Å². The minimum atomic E-state index is 0.0914. The molecule has 1 heterocycles. The van der Waals surface area contributed by atoms with Gasteiger partial charge in [0, 0.05) is 17.1 Å². The topological polar surface area (TPSA) is 54.9 Å². The fourth-order valence-corrected chi connectivity index (χ4v) is 3.08. The van der Waals surface area contributed by atoms with Crippen molar-refractivity contribution in [1.29, 1.82) is 0 Å². The second-order valence-corrected chi connectivity index (χ2v) is 6.46. The van der Waals surface area contributed by atoms with Crippen LogP contribution in [0, 0.1) is 0 Å². The first kappa shape index (κ1) is 13.5. The molecule has 1 aromatic carbocycles. The summed E-state index contributed by atoms with van der Waals surface area (Å²) in [5, 5.41) is 11.6. The number of benzene rings is 1. The lowest BCUT2D eigenvalue weighted by molar-refractivity contribution is 0.102. The van der Waals surface area contributed by atoms with E-state index >= 15 is 0 Å². The van der Waals surface area contributed by atoms with Crippen LogP contribution >= 0.6 is 39.0 Å². The van der Waals surface area contributed by atoms with Gasteiger partial charge in [-0.25, -0.2) is 0 Å². The first-order valence-corrected chi connectivity index (χ1v) is 7.71. The van der Waals surface area contributed by atoms with E-state index in [-0.39, 0.29) is 5.78 Å². The quantitative estimate of drug-likeness (QED) is 0.666. The van der Waals surface area contributed by atoms with Gasteiger partial charge < -0.3 is 5.32 Å². The molecule has 0 bridgehead atoms. The van der Waals surface area contributed by atoms with Gasteiger partial charge in [0.2, 0.25) is 5.13 Å². The molecule has 0 saturated heterocycles. The summed E-state index contributed by atoms with van der Waals surface area (Å²) in [7, 11) is 1.79. The number of carbonyl (C=O) groups is 1. The summed E-state index contributed by atoms with van der Waals surface area (Å²) in [6.07, 6.45) is 0. The summed E-state index contributed by atoms with van der Waals surface area (Å²) in [5.41, 5.74) is 0.712. The van der Waals surface area contributed by atoms with E-state index in [0.717, 1.165) is 13.9 Å². The van der Waals surface area contributed by atoms with Crippen LogP contribution in [-0.2, 0) is 0 Å². The molecule has 7 heteroatoms. The highest BCUT2D eigenvalue weighted by molar-refractivity contribution is 9.10. The molecule has 0 saturated carbocycles. The van der Waals surface area contributed by atoms with Crippen molar-refractivity contribution < 1.29 is 4.79 Å². The Labute approximate surface area is 121 Å². The molecule has 0 aliphatic carbocycles. The van der Waals surface area contributed by atoms with Gasteiger partial charge in [-0.15, -0.1) is 10.2 Å². The fraction of sp³-hybridized carbons (Fsp3) is 0.182. The summed E-state index contributed by atoms with van der Waals surface area (Å²) < 4.78 is 1.76. The molecule has 18 heavy (non-hydrogen) atoms. The highest BCUT2D eigenvalue weighted by Crippen LogP contribution is 2.25. The fourth-order valence-electron chi connectivity index (χ4n) is 1.22. The second kappa shape index (κ2) is 6.31. The third kappa shape index (κ3) is 3.54. The van der Waals surface area contributed by atoms with Gasteiger partial charge in [0.15, 0.2) is 10.1 Å². The Bertz CT molecular complexity index is 541. The van der Waals surface area contributed by atoms with Crippen LogP contribution in [0.15, 0.2) is 33.1 Å². The summed E-state index contributed by atoms with van der Waals surface area (Å²) in [6.45, 7) is 0. The average Bonchev–Trinajstić information content (AvgIpc) is 2.85. The monoisotopic (exact) mass is 343 g/mol. The molecule has 1 N–H and O–H groups in total. The molecule has 0 radical (unpaired) electrons. The number of thioether (sulfide) groups is 1. The first-order chi connectivity index (χ1) is 8.69. The Morgan fingerprint density at radius 3 is 2.72 bits per heavy atom. The minimum Gasteiger partial charge on any atom is -0.363 e. The third-order valence-electron chi connectivity index (χ3n) is 2.11. The van der Waals surface area contributed by atoms with Crippen molar-refractivity contribution in [3.8, 4) is 0 Å². The van der Waals surface area contributed by atoms with Gasteiger partial charge in [0.25, 0.3) is 0 Å². The van der Waals surface area contributed by atoms with Crippen LogP contribution in [-0.4, -0.2) is 28.8 Å². The average molecular weight is 344 g/mol. The largest absolute Gasteiger partial charge is 0.363 e. The van der Waals surface area contributed by atoms with Crippen LogP contribution in [0.4, 0.5) is 5.13 Å². The van der Waals surface area contributed by atoms with Gasteiger partial charge in [-0.05, 0) is 12.1 Å². The minimum absolute atomic E-state index is 0.0914. The zero-order chi connectivity index (χ0) is 13.0. The van der Waals surface area contributed by atoms with E-state index < -0.39 is 0 Å². The molecular formula is C11H10BrN3OS2. The molecular weight excluding hydrogens is 334 g/mol. The molecule has 1 aromatic heterocycles. The number of nitrogens with one attached hydrogen (secondary N) is 1. The Balaban J connectivity index is 1.93. The van der Waals surface area contributed by atoms with Crippen molar-refractivity contribution >= 4 is 49.9 Å². The standard InChI is InChI=1S/C11H10BrN3OS2/c1-13-10-14-15-11(18-10)17-6-9(16)7-2-4-8(12)5-3-7/h2-5H,6H2,1H3,(H,13,14). The maximum Gasteiger partial charge on any atom is 0.206 e. The Hall–Kier alpha value is -0.920. The van der Waals surface area contributed by atoms with Crippen molar-refractivity contribution in [3.05, 3.63) is 34.3 Å². The van der Waals surface area contributed by atoms with Crippen LogP contribution in [0.1, 0.15) is 10.4 Å². The van der Waals surface area contributed by atoms with Crippen molar-refractivity contribution in [1.82, 2.24) is 10.2 Å². The summed E-state index contributed by atoms with van der Waals surface area (Å²) >= 11 is 6.19. The number of Topliss-reactive ketones (excluding diaryl/α,β-unsaturated/α-hetero) is 1. The lowest BCUT2D eigenvalue weighted by Crippen LogP contribution is -2.01. The molecule has 2 rings (SSSR count). The molecule has 0 aliphatic rings. The molecule has 0 amide bonds. The van der Waals surface area contributed by atoms with Gasteiger partial charge in [-0.1, -0.05) is 51.2 Å². The van der Waals surface area contributed by atoms with Crippen LogP contribution in [0.3, 0.4) is 0 Å². The Morgan fingerprint density at radius 2 is 2.11 bits per heavy atom. The predicted octanol–water partition coefficient (Wildman–Crippen LogP) is 3.32. The van der Waals surface area contributed by atoms with E-state index in [2.05, 4.69) is 31.4 Å². The number of anilines is 1. The third-order valence-corrected chi connectivity index (χ3v) is 4.72. The van der Waals surface area contributed by atoms with Crippen LogP contribution in [0.5, 0.6) is 0 Å². The lowest BCUT2D eigenvalue weighted by atomic mass is 10.2. The second-order valence-electron chi connectivity index (χ2n) is 3.34. The number of hydrogen-bond acceptors (Lipinski definition) is 6. The molecule has 94 valence electrons. The molecule has 0 fully saturated rings. The highest BCUT2D eigenvalue weighted by Gasteiger charge is 2.09. The number of carbonyl (C=O) groups excluding carboxylic acids is 1. The molecule has 0 unspecified atom stereocenters. The number of rotatable bonds is 5. The van der Waals surface area contributed by atoms with E-state index in [9.17, 15) is 4.79 Å². The summed E-state index contributed by atoms with van der Waals surface area (Å²) in [6, 6.07) is 7.35. The van der Waals surface area contributed by atoms with Crippen LogP contribution < -0.4 is 5.32 Å². The smallest absolute Gasteiger partial charge is 0.206 e. The zero-order valence-electron chi connectivity index (χ0n) is 9.51. The van der Waals surface area contributed by atoms with Gasteiger partial charge in [-0.2, -0.15) is 0 Å². The molecule has 0 atom stereocenters. The molecule has 0 aliphatic heterocycles. The number of nitrogens with zero attached hydrogens (tertiary/aromatic N) is 2. The van der Waals surface area contributed by atoms with E-state index in [4.69, 9.17) is 0 Å². The predicted molar refractivity (Wildman–Crippen MR) is 78.7 cm³/mol. The highest BCUT2D eigenvalue weighted by atomic mass is 79.9. The van der Waals surface area contributed by atoms with Gasteiger partial charge >= 0.3 is 0 Å².